The predicted octanol–water partition coefficient (Wildman–Crippen LogP) is 2.01. The number of aromatic nitrogens is 4. The van der Waals surface area contributed by atoms with Crippen LogP contribution in [-0.4, -0.2) is 55.0 Å². The van der Waals surface area contributed by atoms with Gasteiger partial charge in [0.1, 0.15) is 23.7 Å². The summed E-state index contributed by atoms with van der Waals surface area (Å²) in [7, 11) is 4.84. The van der Waals surface area contributed by atoms with Crippen molar-refractivity contribution in [3.05, 3.63) is 89.3 Å². The number of amidine groups is 1. The first-order chi connectivity index (χ1) is 20.0. The number of carbonyl (C=O) groups is 4. The second kappa shape index (κ2) is 12.7. The quantitative estimate of drug-likeness (QED) is 0.103. The van der Waals surface area contributed by atoms with Gasteiger partial charge in [0.25, 0.3) is 17.7 Å². The predicted molar refractivity (Wildman–Crippen MR) is 154 cm³/mol. The Kier molecular flexibility index (Phi) is 8.85. The molecule has 14 nitrogen and oxygen atoms in total. The van der Waals surface area contributed by atoms with Crippen LogP contribution in [0.1, 0.15) is 53.9 Å². The maximum atomic E-state index is 13.0. The van der Waals surface area contributed by atoms with E-state index in [2.05, 4.69) is 21.0 Å². The van der Waals surface area contributed by atoms with Crippen LogP contribution in [0.15, 0.2) is 60.9 Å². The first-order valence-electron chi connectivity index (χ1n) is 12.8. The number of anilines is 2. The Labute approximate surface area is 240 Å². The molecular formula is C28H31N9O5. The van der Waals surface area contributed by atoms with E-state index in [9.17, 15) is 19.2 Å². The zero-order valence-electron chi connectivity index (χ0n) is 23.3. The van der Waals surface area contributed by atoms with E-state index in [4.69, 9.17) is 15.9 Å². The Morgan fingerprint density at radius 3 is 2.02 bits per heavy atom. The summed E-state index contributed by atoms with van der Waals surface area (Å²) in [4.78, 5) is 50.8. The fraction of sp³-hybridized carbons (Fsp3) is 0.214. The Bertz CT molecular complexity index is 1650. The van der Waals surface area contributed by atoms with E-state index in [0.29, 0.717) is 17.1 Å². The number of benzene rings is 1. The highest BCUT2D eigenvalue weighted by atomic mass is 16.5. The molecule has 0 bridgehead atoms. The third kappa shape index (κ3) is 7.10. The van der Waals surface area contributed by atoms with Gasteiger partial charge in [-0.3, -0.25) is 24.5 Å². The molecule has 0 atom stereocenters. The summed E-state index contributed by atoms with van der Waals surface area (Å²) in [5.74, 6) is -2.06. The van der Waals surface area contributed by atoms with E-state index < -0.39 is 17.8 Å². The molecule has 0 aliphatic rings. The van der Waals surface area contributed by atoms with Crippen LogP contribution in [0, 0.1) is 5.41 Å². The van der Waals surface area contributed by atoms with Crippen LogP contribution in [0.2, 0.25) is 0 Å². The van der Waals surface area contributed by atoms with Gasteiger partial charge in [-0.15, -0.1) is 0 Å². The molecule has 0 unspecified atom stereocenters. The van der Waals surface area contributed by atoms with Gasteiger partial charge >= 0.3 is 5.97 Å². The van der Waals surface area contributed by atoms with Crippen molar-refractivity contribution >= 4 is 40.9 Å². The first-order valence-corrected chi connectivity index (χ1v) is 12.8. The number of hydrogen-bond donors (Lipinski definition) is 5. The molecule has 3 heterocycles. The van der Waals surface area contributed by atoms with Crippen LogP contribution in [0.3, 0.4) is 0 Å². The van der Waals surface area contributed by atoms with Gasteiger partial charge in [0.15, 0.2) is 5.69 Å². The third-order valence-electron chi connectivity index (χ3n) is 6.21. The Balaban J connectivity index is 1.37. The second-order valence-electron chi connectivity index (χ2n) is 9.49. The van der Waals surface area contributed by atoms with Gasteiger partial charge < -0.3 is 35.6 Å². The van der Waals surface area contributed by atoms with Gasteiger partial charge in [0.05, 0.1) is 17.2 Å². The average Bonchev–Trinajstić information content (AvgIpc) is 3.63. The fourth-order valence-corrected chi connectivity index (χ4v) is 4.09. The summed E-state index contributed by atoms with van der Waals surface area (Å²) < 4.78 is 9.67. The highest BCUT2D eigenvalue weighted by Gasteiger charge is 2.21. The number of aryl methyl sites for hydroxylation is 3. The normalized spacial score (nSPS) is 10.6. The van der Waals surface area contributed by atoms with Crippen molar-refractivity contribution in [1.29, 1.82) is 5.41 Å². The molecule has 42 heavy (non-hydrogen) atoms. The smallest absolute Gasteiger partial charge is 0.359 e. The molecule has 6 N–H and O–H groups in total. The zero-order valence-corrected chi connectivity index (χ0v) is 23.3. The van der Waals surface area contributed by atoms with Crippen LogP contribution in [0.5, 0.6) is 0 Å². The van der Waals surface area contributed by atoms with Crippen LogP contribution in [0.4, 0.5) is 11.4 Å². The molecule has 4 aromatic rings. The van der Waals surface area contributed by atoms with E-state index in [1.54, 1.807) is 35.6 Å². The Morgan fingerprint density at radius 1 is 0.857 bits per heavy atom. The number of nitrogens with zero attached hydrogens (tertiary/aromatic N) is 4. The van der Waals surface area contributed by atoms with Crippen LogP contribution < -0.4 is 21.7 Å². The number of esters is 1. The van der Waals surface area contributed by atoms with Crippen molar-refractivity contribution in [1.82, 2.24) is 24.2 Å². The standard InChI is InChI=1S/C28H31N9O5/c1-35-14-18(11-21(35)25(38)31-10-9-24(29)30)32-26(39)22-12-19(15-36(22)2)33-27(40)23-13-20(34-37(23)3)28(41)42-16-17-7-5-4-6-8-17/h4-8,11-15H,9-10,16H2,1-3H3,(H3,29,30)(H,31,38)(H,32,39)(H,33,40). The SMILES string of the molecule is Cn1cc(NC(=O)c2cc(NC(=O)c3cc(C(=O)OCc4ccccc4)nn3C)cn2C)cc1C(=O)NCCC(=N)N. The summed E-state index contributed by atoms with van der Waals surface area (Å²) in [6.45, 7) is 0.294. The molecule has 0 aliphatic heterocycles. The molecule has 0 radical (unpaired) electrons. The third-order valence-corrected chi connectivity index (χ3v) is 6.21. The summed E-state index contributed by atoms with van der Waals surface area (Å²) in [5, 5.41) is 19.5. The van der Waals surface area contributed by atoms with Crippen molar-refractivity contribution in [3.63, 3.8) is 0 Å². The van der Waals surface area contributed by atoms with Crippen molar-refractivity contribution in [2.24, 2.45) is 26.9 Å². The molecule has 0 saturated carbocycles. The van der Waals surface area contributed by atoms with E-state index in [-0.39, 0.29) is 48.4 Å². The molecule has 0 spiro atoms. The zero-order chi connectivity index (χ0) is 30.4. The van der Waals surface area contributed by atoms with Gasteiger partial charge in [-0.2, -0.15) is 5.10 Å². The minimum atomic E-state index is -0.662. The molecule has 0 fully saturated rings. The molecule has 218 valence electrons. The maximum Gasteiger partial charge on any atom is 0.359 e. The monoisotopic (exact) mass is 573 g/mol. The van der Waals surface area contributed by atoms with E-state index in [1.165, 1.54) is 29.9 Å². The summed E-state index contributed by atoms with van der Waals surface area (Å²) in [5.41, 5.74) is 7.54. The largest absolute Gasteiger partial charge is 0.456 e. The minimum absolute atomic E-state index is 0.0125. The van der Waals surface area contributed by atoms with E-state index >= 15 is 0 Å². The summed E-state index contributed by atoms with van der Waals surface area (Å²) in [6.07, 6.45) is 3.39. The minimum Gasteiger partial charge on any atom is -0.456 e. The molecule has 1 aromatic carbocycles. The van der Waals surface area contributed by atoms with Crippen LogP contribution in [-0.2, 0) is 32.5 Å². The van der Waals surface area contributed by atoms with Crippen molar-refractivity contribution in [2.45, 2.75) is 13.0 Å². The molecular weight excluding hydrogens is 542 g/mol. The van der Waals surface area contributed by atoms with E-state index in [1.807, 2.05) is 30.3 Å². The number of carbonyl (C=O) groups excluding carboxylic acids is 4. The van der Waals surface area contributed by atoms with Crippen molar-refractivity contribution in [2.75, 3.05) is 17.2 Å². The second-order valence-corrected chi connectivity index (χ2v) is 9.49. The van der Waals surface area contributed by atoms with Crippen LogP contribution >= 0.6 is 0 Å². The molecule has 0 aliphatic carbocycles. The lowest BCUT2D eigenvalue weighted by Crippen LogP contribution is -2.28. The maximum absolute atomic E-state index is 13.0. The van der Waals surface area contributed by atoms with Gasteiger partial charge in [-0.1, -0.05) is 30.3 Å². The number of ether oxygens (including phenoxy) is 1. The lowest BCUT2D eigenvalue weighted by molar-refractivity contribution is 0.0464. The van der Waals surface area contributed by atoms with Gasteiger partial charge in [0, 0.05) is 52.6 Å². The molecule has 4 rings (SSSR count). The van der Waals surface area contributed by atoms with E-state index in [0.717, 1.165) is 5.56 Å². The number of nitrogens with two attached hydrogens (primary N) is 1. The topological polar surface area (TPSA) is 191 Å². The highest BCUT2D eigenvalue weighted by molar-refractivity contribution is 6.07. The van der Waals surface area contributed by atoms with Crippen LogP contribution in [0.25, 0.3) is 0 Å². The summed E-state index contributed by atoms with van der Waals surface area (Å²) >= 11 is 0. The Hall–Kier alpha value is -5.66. The van der Waals surface area contributed by atoms with Gasteiger partial charge in [-0.05, 0) is 17.7 Å². The number of amides is 3. The number of hydrogen-bond acceptors (Lipinski definition) is 7. The molecule has 0 saturated heterocycles. The molecule has 14 heteroatoms. The van der Waals surface area contributed by atoms with Crippen molar-refractivity contribution in [3.8, 4) is 0 Å². The molecule has 3 amide bonds. The van der Waals surface area contributed by atoms with Gasteiger partial charge in [0.2, 0.25) is 0 Å². The number of nitrogens with one attached hydrogen (secondary N) is 4. The highest BCUT2D eigenvalue weighted by Crippen LogP contribution is 2.18. The van der Waals surface area contributed by atoms with Crippen molar-refractivity contribution < 1.29 is 23.9 Å². The average molecular weight is 574 g/mol. The lowest BCUT2D eigenvalue weighted by atomic mass is 10.2. The first kappa shape index (κ1) is 29.3. The fourth-order valence-electron chi connectivity index (χ4n) is 4.09. The number of rotatable bonds is 11. The molecule has 3 aromatic heterocycles. The van der Waals surface area contributed by atoms with Gasteiger partial charge in [-0.25, -0.2) is 4.79 Å². The lowest BCUT2D eigenvalue weighted by Gasteiger charge is -2.04. The summed E-state index contributed by atoms with van der Waals surface area (Å²) in [6, 6.07) is 13.6. The Morgan fingerprint density at radius 2 is 1.43 bits per heavy atom.